The molecule has 42 heavy (non-hydrogen) atoms. The first-order valence-corrected chi connectivity index (χ1v) is 13.0. The van der Waals surface area contributed by atoms with Gasteiger partial charge in [-0.1, -0.05) is 0 Å². The summed E-state index contributed by atoms with van der Waals surface area (Å²) in [4.78, 5) is 0. The van der Waals surface area contributed by atoms with Crippen molar-refractivity contribution in [3.05, 3.63) is 70.9 Å². The second kappa shape index (κ2) is 12.2. The number of hydrogen-bond donors (Lipinski definition) is 10. The lowest BCUT2D eigenvalue weighted by Crippen LogP contribution is -2.59. The van der Waals surface area contributed by atoms with Crippen LogP contribution in [0.3, 0.4) is 0 Å². The van der Waals surface area contributed by atoms with E-state index in [4.69, 9.17) is 23.7 Å². The zero-order chi connectivity index (χ0) is 30.3. The topological polar surface area (TPSA) is 248 Å². The Kier molecular flexibility index (Phi) is 8.77. The standard InChI is InChI=1S/C27H32O15/c28-8-17-19(32)21(34)23(36)26(41-17)39-15-6-12(31)5-14-13(15)7-16(25(38-14)10-1-3-11(30)4-2-10)40-27-24(37)22(35)20(33)18(9-29)42-27/h1-7,14,17-24,26-37H,8-9H2/t14?,17-,18+,19-,20+,21-,22+,23-,24+,26-,27+/m1/s1. The molecule has 3 aliphatic heterocycles. The fourth-order valence-electron chi connectivity index (χ4n) is 4.89. The molecule has 2 fully saturated rings. The van der Waals surface area contributed by atoms with Crippen LogP contribution in [0.5, 0.6) is 5.75 Å². The van der Waals surface area contributed by atoms with E-state index in [1.165, 1.54) is 36.4 Å². The van der Waals surface area contributed by atoms with Gasteiger partial charge in [-0.15, -0.1) is 0 Å². The van der Waals surface area contributed by atoms with Gasteiger partial charge in [-0.3, -0.25) is 0 Å². The lowest BCUT2D eigenvalue weighted by atomic mass is 9.96. The summed E-state index contributed by atoms with van der Waals surface area (Å²) < 4.78 is 28.7. The van der Waals surface area contributed by atoms with Crippen molar-refractivity contribution < 1.29 is 74.7 Å². The monoisotopic (exact) mass is 596 g/mol. The third-order valence-corrected chi connectivity index (χ3v) is 7.26. The highest BCUT2D eigenvalue weighted by Crippen LogP contribution is 2.40. The van der Waals surface area contributed by atoms with Crippen molar-refractivity contribution in [3.8, 4) is 5.75 Å². The number of aliphatic hydroxyl groups is 9. The first-order chi connectivity index (χ1) is 20.0. The number of phenolic OH excluding ortho intramolecular Hbond substituents is 1. The molecule has 1 aromatic carbocycles. The summed E-state index contributed by atoms with van der Waals surface area (Å²) in [5.74, 6) is -0.534. The minimum atomic E-state index is -1.76. The van der Waals surface area contributed by atoms with Crippen molar-refractivity contribution in [3.63, 3.8) is 0 Å². The number of phenols is 1. The largest absolute Gasteiger partial charge is 0.508 e. The zero-order valence-corrected chi connectivity index (χ0v) is 21.8. The summed E-state index contributed by atoms with van der Waals surface area (Å²) >= 11 is 0. The Hall–Kier alpha value is -3.22. The van der Waals surface area contributed by atoms with Gasteiger partial charge in [-0.25, -0.2) is 0 Å². The molecule has 15 nitrogen and oxygen atoms in total. The molecule has 5 rings (SSSR count). The van der Waals surface area contributed by atoms with Crippen molar-refractivity contribution in [1.82, 2.24) is 0 Å². The predicted molar refractivity (Wildman–Crippen MR) is 136 cm³/mol. The summed E-state index contributed by atoms with van der Waals surface area (Å²) in [6, 6.07) is 5.73. The number of ether oxygens (including phenoxy) is 5. The van der Waals surface area contributed by atoms with Crippen LogP contribution in [0.25, 0.3) is 5.76 Å². The lowest BCUT2D eigenvalue weighted by Gasteiger charge is -2.41. The van der Waals surface area contributed by atoms with Crippen molar-refractivity contribution in [2.24, 2.45) is 0 Å². The van der Waals surface area contributed by atoms with E-state index in [0.717, 1.165) is 6.08 Å². The van der Waals surface area contributed by atoms with E-state index in [-0.39, 0.29) is 34.4 Å². The van der Waals surface area contributed by atoms with Crippen LogP contribution in [0.2, 0.25) is 0 Å². The molecule has 0 aromatic heterocycles. The number of rotatable bonds is 7. The third-order valence-electron chi connectivity index (χ3n) is 7.26. The lowest BCUT2D eigenvalue weighted by molar-refractivity contribution is -0.291. The summed E-state index contributed by atoms with van der Waals surface area (Å²) in [6.07, 6.45) is -13.1. The van der Waals surface area contributed by atoms with Gasteiger partial charge in [-0.2, -0.15) is 0 Å². The van der Waals surface area contributed by atoms with E-state index < -0.39 is 80.7 Å². The molecular formula is C27H32O15. The summed E-state index contributed by atoms with van der Waals surface area (Å²) in [7, 11) is 0. The molecule has 11 atom stereocenters. The predicted octanol–water partition coefficient (Wildman–Crippen LogP) is -2.64. The Morgan fingerprint density at radius 1 is 0.667 bits per heavy atom. The van der Waals surface area contributed by atoms with Crippen LogP contribution in [0.15, 0.2) is 65.3 Å². The molecule has 1 aromatic rings. The maximum Gasteiger partial charge on any atom is 0.229 e. The molecule has 4 aliphatic rings. The molecule has 15 heteroatoms. The maximum atomic E-state index is 10.6. The van der Waals surface area contributed by atoms with Crippen LogP contribution in [-0.4, -0.2) is 132 Å². The van der Waals surface area contributed by atoms with Crippen molar-refractivity contribution in [2.75, 3.05) is 13.2 Å². The quantitative estimate of drug-likeness (QED) is 0.154. The summed E-state index contributed by atoms with van der Waals surface area (Å²) in [6.45, 7) is -1.39. The Labute approximate surface area is 238 Å². The van der Waals surface area contributed by atoms with Gasteiger partial charge in [0.2, 0.25) is 12.6 Å². The fourth-order valence-corrected chi connectivity index (χ4v) is 4.89. The first kappa shape index (κ1) is 30.2. The van der Waals surface area contributed by atoms with Crippen LogP contribution < -0.4 is 0 Å². The maximum absolute atomic E-state index is 10.6. The van der Waals surface area contributed by atoms with Crippen molar-refractivity contribution in [1.29, 1.82) is 0 Å². The van der Waals surface area contributed by atoms with Gasteiger partial charge in [0.25, 0.3) is 0 Å². The number of aliphatic hydroxyl groups excluding tert-OH is 9. The van der Waals surface area contributed by atoms with Gasteiger partial charge in [0.05, 0.1) is 13.2 Å². The average molecular weight is 597 g/mol. The fraction of sp³-hybridized carbons (Fsp3) is 0.481. The molecule has 0 saturated carbocycles. The molecule has 0 spiro atoms. The number of allylic oxidation sites excluding steroid dienone is 2. The van der Waals surface area contributed by atoms with Crippen LogP contribution in [0.4, 0.5) is 0 Å². The average Bonchev–Trinajstić information content (AvgIpc) is 2.98. The van der Waals surface area contributed by atoms with Gasteiger partial charge in [0.15, 0.2) is 11.5 Å². The molecule has 3 heterocycles. The van der Waals surface area contributed by atoms with Crippen LogP contribution in [0, 0.1) is 0 Å². The second-order valence-corrected chi connectivity index (χ2v) is 10.1. The van der Waals surface area contributed by atoms with Gasteiger partial charge in [0.1, 0.15) is 72.2 Å². The number of hydrogen-bond acceptors (Lipinski definition) is 15. The molecule has 1 aliphatic carbocycles. The molecule has 0 radical (unpaired) electrons. The van der Waals surface area contributed by atoms with E-state index in [1.54, 1.807) is 0 Å². The summed E-state index contributed by atoms with van der Waals surface area (Å²) in [5, 5.41) is 101. The Balaban J connectivity index is 1.51. The Morgan fingerprint density at radius 2 is 1.21 bits per heavy atom. The van der Waals surface area contributed by atoms with Crippen molar-refractivity contribution in [2.45, 2.75) is 67.5 Å². The highest BCUT2D eigenvalue weighted by molar-refractivity contribution is 5.68. The van der Waals surface area contributed by atoms with Crippen LogP contribution in [-0.2, 0) is 23.7 Å². The van der Waals surface area contributed by atoms with Gasteiger partial charge in [-0.05, 0) is 30.3 Å². The Bertz CT molecular complexity index is 1250. The molecule has 0 amide bonds. The normalized spacial score (nSPS) is 38.5. The SMILES string of the molecule is OC[C@@H]1O[C@H](OC2=C(c3ccc(O)cc3)OC3C=C(O)C=C(O[C@@H]4O[C@H](CO)[C@@H](O)[C@@H](O)[C@H]4O)C3=C2)[C@@H](O)[C@@H](O)[C@H]1O. The van der Waals surface area contributed by atoms with Crippen LogP contribution >= 0.6 is 0 Å². The zero-order valence-electron chi connectivity index (χ0n) is 21.8. The van der Waals surface area contributed by atoms with E-state index >= 15 is 0 Å². The number of aromatic hydroxyl groups is 1. The highest BCUT2D eigenvalue weighted by atomic mass is 16.7. The number of fused-ring (bicyclic) bond motifs is 1. The molecule has 1 unspecified atom stereocenters. The van der Waals surface area contributed by atoms with E-state index in [2.05, 4.69) is 0 Å². The molecule has 230 valence electrons. The van der Waals surface area contributed by atoms with Gasteiger partial charge >= 0.3 is 0 Å². The van der Waals surface area contributed by atoms with E-state index in [0.29, 0.717) is 5.56 Å². The highest BCUT2D eigenvalue weighted by Gasteiger charge is 2.47. The van der Waals surface area contributed by atoms with Crippen LogP contribution in [0.1, 0.15) is 5.56 Å². The Morgan fingerprint density at radius 3 is 1.76 bits per heavy atom. The molecular weight excluding hydrogens is 564 g/mol. The van der Waals surface area contributed by atoms with E-state index in [9.17, 15) is 51.1 Å². The van der Waals surface area contributed by atoms with Gasteiger partial charge < -0.3 is 74.7 Å². The van der Waals surface area contributed by atoms with Gasteiger partial charge in [0, 0.05) is 23.3 Å². The minimum Gasteiger partial charge on any atom is -0.508 e. The smallest absolute Gasteiger partial charge is 0.229 e. The molecule has 2 saturated heterocycles. The summed E-state index contributed by atoms with van der Waals surface area (Å²) in [5.41, 5.74) is 0.563. The minimum absolute atomic E-state index is 0.0406. The third kappa shape index (κ3) is 5.71. The van der Waals surface area contributed by atoms with E-state index in [1.807, 2.05) is 0 Å². The molecule has 0 bridgehead atoms. The number of benzene rings is 1. The second-order valence-electron chi connectivity index (χ2n) is 10.1. The first-order valence-electron chi connectivity index (χ1n) is 13.0. The van der Waals surface area contributed by atoms with Crippen molar-refractivity contribution >= 4 is 5.76 Å². The molecule has 10 N–H and O–H groups in total.